The molecule has 0 N–H and O–H groups in total. The molecule has 0 unspecified atom stereocenters. The summed E-state index contributed by atoms with van der Waals surface area (Å²) in [6.45, 7) is 0. The first-order valence-electron chi connectivity index (χ1n) is 22.9. The number of rotatable bonds is 10. The Morgan fingerprint density at radius 3 is 1.01 bits per heavy atom. The maximum Gasteiger partial charge on any atom is 0.145 e. The largest absolute Gasteiger partial charge is 0.292 e. The topological polar surface area (TPSA) is 48.5 Å². The number of hydrogen-bond donors (Lipinski definition) is 0. The molecule has 0 fully saturated rings. The van der Waals surface area contributed by atoms with Crippen molar-refractivity contribution in [1.29, 1.82) is 0 Å². The second kappa shape index (κ2) is 17.7. The van der Waals surface area contributed by atoms with Gasteiger partial charge in [-0.1, -0.05) is 231 Å². The van der Waals surface area contributed by atoms with E-state index in [1.807, 2.05) is 24.3 Å². The second-order valence-electron chi connectivity index (χ2n) is 16.8. The molecule has 9 aromatic carbocycles. The van der Waals surface area contributed by atoms with E-state index in [1.165, 1.54) is 0 Å². The van der Waals surface area contributed by atoms with Crippen LogP contribution in [0.3, 0.4) is 0 Å². The molecule has 12 aromatic rings. The van der Waals surface area contributed by atoms with Crippen molar-refractivity contribution in [1.82, 2.24) is 24.1 Å². The molecule has 0 atom stereocenters. The summed E-state index contributed by atoms with van der Waals surface area (Å²) in [6, 6.07) is 91.3. The molecule has 0 aliphatic rings. The first-order chi connectivity index (χ1) is 33.7. The monoisotopic (exact) mass is 869 g/mol. The fourth-order valence-electron chi connectivity index (χ4n) is 9.34. The number of imidazole rings is 2. The maximum absolute atomic E-state index is 5.46. The average Bonchev–Trinajstić information content (AvgIpc) is 4.03. The van der Waals surface area contributed by atoms with Gasteiger partial charge in [0, 0.05) is 61.3 Å². The van der Waals surface area contributed by atoms with E-state index < -0.39 is 0 Å². The summed E-state index contributed by atoms with van der Waals surface area (Å²) in [5.41, 5.74) is 16.2. The van der Waals surface area contributed by atoms with Crippen molar-refractivity contribution in [2.24, 2.45) is 0 Å². The standard InChI is InChI=1S/C63H43N5/c1-7-21-45(22-8-1)58-60(48-25-11-3-12-26-48)67(62(65-58)50-29-15-5-16-30-50)53-39-35-44(36-40-53)56-43-52-33-19-20-34-55(52)57(64-56)47-37-41-54(42-38-47)68-61(49-27-13-4-14-28-49)59(46-23-9-2-10-24-46)66-63(68)51-31-17-6-18-32-51/h1-43H. The summed E-state index contributed by atoms with van der Waals surface area (Å²) in [5, 5.41) is 2.22. The van der Waals surface area contributed by atoms with Gasteiger partial charge in [-0.25, -0.2) is 15.0 Å². The van der Waals surface area contributed by atoms with Gasteiger partial charge in [0.15, 0.2) is 0 Å². The highest BCUT2D eigenvalue weighted by atomic mass is 15.1. The van der Waals surface area contributed by atoms with E-state index in [9.17, 15) is 0 Å². The van der Waals surface area contributed by atoms with Gasteiger partial charge in [0.05, 0.1) is 34.2 Å². The molecule has 0 amide bonds. The van der Waals surface area contributed by atoms with Gasteiger partial charge in [0.1, 0.15) is 11.6 Å². The number of hydrogen-bond acceptors (Lipinski definition) is 3. The van der Waals surface area contributed by atoms with E-state index >= 15 is 0 Å². The van der Waals surface area contributed by atoms with Crippen LogP contribution in [-0.4, -0.2) is 24.1 Å². The molecule has 12 rings (SSSR count). The SMILES string of the molecule is c1ccc(-c2nc(-c3ccccc3)n(-c3ccc(-c4cc5ccccc5c(-c5ccc(-n6c(-c7ccccc7)nc(-c7ccccc7)c6-c6ccccc6)cc5)n4)cc3)c2-c2ccccc2)cc1. The van der Waals surface area contributed by atoms with Crippen LogP contribution in [0.2, 0.25) is 0 Å². The molecule has 0 saturated heterocycles. The molecule has 3 aromatic heterocycles. The first kappa shape index (κ1) is 40.3. The third-order valence-corrected chi connectivity index (χ3v) is 12.6. The molecule has 0 aliphatic carbocycles. The molecule has 5 heteroatoms. The lowest BCUT2D eigenvalue weighted by molar-refractivity contribution is 1.07. The number of nitrogens with zero attached hydrogens (tertiary/aromatic N) is 5. The quantitative estimate of drug-likeness (QED) is 0.138. The van der Waals surface area contributed by atoms with Crippen LogP contribution < -0.4 is 0 Å². The summed E-state index contributed by atoms with van der Waals surface area (Å²) in [7, 11) is 0. The lowest BCUT2D eigenvalue weighted by Crippen LogP contribution is -2.01. The van der Waals surface area contributed by atoms with E-state index in [2.05, 4.69) is 246 Å². The van der Waals surface area contributed by atoms with Crippen molar-refractivity contribution < 1.29 is 0 Å². The van der Waals surface area contributed by atoms with Crippen molar-refractivity contribution in [3.05, 3.63) is 261 Å². The lowest BCUT2D eigenvalue weighted by Gasteiger charge is -2.16. The normalized spacial score (nSPS) is 11.2. The van der Waals surface area contributed by atoms with Crippen LogP contribution >= 0.6 is 0 Å². The average molecular weight is 870 g/mol. The van der Waals surface area contributed by atoms with Crippen LogP contribution in [0.4, 0.5) is 0 Å². The smallest absolute Gasteiger partial charge is 0.145 e. The first-order valence-corrected chi connectivity index (χ1v) is 22.9. The van der Waals surface area contributed by atoms with Crippen molar-refractivity contribution in [2.45, 2.75) is 0 Å². The van der Waals surface area contributed by atoms with Crippen LogP contribution in [0.25, 0.3) is 112 Å². The van der Waals surface area contributed by atoms with Gasteiger partial charge in [-0.15, -0.1) is 0 Å². The molecule has 0 aliphatic heterocycles. The van der Waals surface area contributed by atoms with Crippen molar-refractivity contribution >= 4 is 10.8 Å². The maximum atomic E-state index is 5.46. The predicted octanol–water partition coefficient (Wildman–Crippen LogP) is 15.9. The molecular formula is C63H43N5. The Morgan fingerprint density at radius 2 is 0.588 bits per heavy atom. The minimum Gasteiger partial charge on any atom is -0.292 e. The predicted molar refractivity (Wildman–Crippen MR) is 279 cm³/mol. The Kier molecular flexibility index (Phi) is 10.5. The second-order valence-corrected chi connectivity index (χ2v) is 16.8. The number of aromatic nitrogens is 5. The fourth-order valence-corrected chi connectivity index (χ4v) is 9.34. The van der Waals surface area contributed by atoms with Gasteiger partial charge in [0.2, 0.25) is 0 Å². The van der Waals surface area contributed by atoms with Gasteiger partial charge in [-0.2, -0.15) is 0 Å². The van der Waals surface area contributed by atoms with E-state index in [1.54, 1.807) is 0 Å². The van der Waals surface area contributed by atoms with E-state index in [0.29, 0.717) is 0 Å². The van der Waals surface area contributed by atoms with Crippen molar-refractivity contribution in [3.63, 3.8) is 0 Å². The Balaban J connectivity index is 0.974. The van der Waals surface area contributed by atoms with Gasteiger partial charge < -0.3 is 0 Å². The highest BCUT2D eigenvalue weighted by Crippen LogP contribution is 2.41. The molecule has 68 heavy (non-hydrogen) atoms. The van der Waals surface area contributed by atoms with Gasteiger partial charge >= 0.3 is 0 Å². The Hall–Kier alpha value is -9.19. The zero-order valence-electron chi connectivity index (χ0n) is 37.1. The van der Waals surface area contributed by atoms with Gasteiger partial charge in [-0.3, -0.25) is 9.13 Å². The van der Waals surface area contributed by atoms with Crippen molar-refractivity contribution in [2.75, 3.05) is 0 Å². The van der Waals surface area contributed by atoms with Crippen molar-refractivity contribution in [3.8, 4) is 102 Å². The summed E-state index contributed by atoms with van der Waals surface area (Å²) in [4.78, 5) is 16.2. The highest BCUT2D eigenvalue weighted by Gasteiger charge is 2.24. The number of benzene rings is 9. The van der Waals surface area contributed by atoms with E-state index in [0.717, 1.165) is 112 Å². The summed E-state index contributed by atoms with van der Waals surface area (Å²) in [5.74, 6) is 1.76. The summed E-state index contributed by atoms with van der Waals surface area (Å²) in [6.07, 6.45) is 0. The van der Waals surface area contributed by atoms with Gasteiger partial charge in [-0.05, 0) is 35.7 Å². The van der Waals surface area contributed by atoms with Crippen LogP contribution in [-0.2, 0) is 0 Å². The van der Waals surface area contributed by atoms with Crippen LogP contribution in [0, 0.1) is 0 Å². The molecule has 0 bridgehead atoms. The van der Waals surface area contributed by atoms with Gasteiger partial charge in [0.25, 0.3) is 0 Å². The minimum absolute atomic E-state index is 0.879. The third kappa shape index (κ3) is 7.48. The third-order valence-electron chi connectivity index (χ3n) is 12.6. The molecular weight excluding hydrogens is 827 g/mol. The number of fused-ring (bicyclic) bond motifs is 1. The minimum atomic E-state index is 0.879. The van der Waals surface area contributed by atoms with Crippen LogP contribution in [0.15, 0.2) is 261 Å². The molecule has 5 nitrogen and oxygen atoms in total. The Bertz CT molecular complexity index is 3660. The summed E-state index contributed by atoms with van der Waals surface area (Å²) < 4.78 is 4.60. The Labute approximate surface area is 395 Å². The zero-order chi connectivity index (χ0) is 45.2. The summed E-state index contributed by atoms with van der Waals surface area (Å²) >= 11 is 0. The Morgan fingerprint density at radius 1 is 0.250 bits per heavy atom. The molecule has 0 saturated carbocycles. The van der Waals surface area contributed by atoms with E-state index in [4.69, 9.17) is 15.0 Å². The van der Waals surface area contributed by atoms with Crippen LogP contribution in [0.1, 0.15) is 0 Å². The molecule has 3 heterocycles. The van der Waals surface area contributed by atoms with E-state index in [-0.39, 0.29) is 0 Å². The lowest BCUT2D eigenvalue weighted by atomic mass is 10.00. The highest BCUT2D eigenvalue weighted by molar-refractivity contribution is 5.97. The zero-order valence-corrected chi connectivity index (χ0v) is 37.1. The number of pyridine rings is 1. The van der Waals surface area contributed by atoms with Crippen LogP contribution in [0.5, 0.6) is 0 Å². The molecule has 0 radical (unpaired) electrons. The fraction of sp³-hybridized carbons (Fsp3) is 0. The molecule has 320 valence electrons. The molecule has 0 spiro atoms.